The molecule has 0 radical (unpaired) electrons. The lowest BCUT2D eigenvalue weighted by atomic mass is 10.1. The number of H-pyrrole nitrogens is 1. The summed E-state index contributed by atoms with van der Waals surface area (Å²) in [6, 6.07) is 10.6. The molecule has 3 rings (SSSR count). The Balaban J connectivity index is 2.01. The normalized spacial score (nSPS) is 15.1. The highest BCUT2D eigenvalue weighted by Crippen LogP contribution is 2.30. The number of halogens is 1. The van der Waals surface area contributed by atoms with Gasteiger partial charge in [-0.15, -0.1) is 0 Å². The summed E-state index contributed by atoms with van der Waals surface area (Å²) in [6.45, 7) is 1.90. The van der Waals surface area contributed by atoms with Crippen molar-refractivity contribution in [3.8, 4) is 17.3 Å². The lowest BCUT2D eigenvalue weighted by Gasteiger charge is -2.27. The van der Waals surface area contributed by atoms with Gasteiger partial charge in [-0.25, -0.2) is 4.39 Å². The van der Waals surface area contributed by atoms with Crippen LogP contribution in [0.2, 0.25) is 0 Å². The topological polar surface area (TPSA) is 42.8 Å². The van der Waals surface area contributed by atoms with E-state index in [0.29, 0.717) is 16.8 Å². The van der Waals surface area contributed by atoms with Crippen LogP contribution < -0.4 is 4.90 Å². The maximum Gasteiger partial charge on any atom is 0.132 e. The third kappa shape index (κ3) is 2.27. The van der Waals surface area contributed by atoms with E-state index in [4.69, 9.17) is 0 Å². The Labute approximate surface area is 117 Å². The Morgan fingerprint density at radius 2 is 1.90 bits per heavy atom. The fourth-order valence-corrected chi connectivity index (χ4v) is 2.72. The Morgan fingerprint density at radius 3 is 2.60 bits per heavy atom. The number of anilines is 1. The number of nitrogens with zero attached hydrogens (tertiary/aromatic N) is 2. The number of rotatable bonds is 2. The van der Waals surface area contributed by atoms with Gasteiger partial charge in [-0.05, 0) is 37.5 Å². The Bertz CT molecular complexity index is 648. The molecule has 20 heavy (non-hydrogen) atoms. The van der Waals surface area contributed by atoms with Gasteiger partial charge in [0.05, 0.1) is 11.3 Å². The predicted octanol–water partition coefficient (Wildman–Crippen LogP) is 3.68. The van der Waals surface area contributed by atoms with Crippen LogP contribution in [-0.2, 0) is 0 Å². The van der Waals surface area contributed by atoms with Crippen molar-refractivity contribution >= 4 is 5.82 Å². The highest BCUT2D eigenvalue weighted by Gasteiger charge is 2.18. The zero-order valence-corrected chi connectivity index (χ0v) is 11.2. The van der Waals surface area contributed by atoms with Gasteiger partial charge in [-0.3, -0.25) is 0 Å². The summed E-state index contributed by atoms with van der Waals surface area (Å²) >= 11 is 0. The molecule has 2 heterocycles. The Hall–Kier alpha value is -2.28. The summed E-state index contributed by atoms with van der Waals surface area (Å²) in [5.74, 6) is 0.550. The van der Waals surface area contributed by atoms with E-state index in [2.05, 4.69) is 16.0 Å². The first-order valence-corrected chi connectivity index (χ1v) is 6.92. The summed E-state index contributed by atoms with van der Waals surface area (Å²) in [5, 5.41) is 9.29. The molecule has 0 aliphatic carbocycles. The van der Waals surface area contributed by atoms with Crippen LogP contribution in [0.15, 0.2) is 30.3 Å². The minimum Gasteiger partial charge on any atom is -0.357 e. The third-order valence-electron chi connectivity index (χ3n) is 3.75. The second kappa shape index (κ2) is 5.38. The van der Waals surface area contributed by atoms with Crippen LogP contribution in [0.3, 0.4) is 0 Å². The lowest BCUT2D eigenvalue weighted by molar-refractivity contribution is 0.574. The van der Waals surface area contributed by atoms with Gasteiger partial charge >= 0.3 is 0 Å². The molecule has 0 saturated carbocycles. The molecule has 1 saturated heterocycles. The van der Waals surface area contributed by atoms with Crippen molar-refractivity contribution in [2.45, 2.75) is 19.3 Å². The van der Waals surface area contributed by atoms with Crippen molar-refractivity contribution in [2.24, 2.45) is 0 Å². The van der Waals surface area contributed by atoms with Crippen molar-refractivity contribution in [3.05, 3.63) is 41.7 Å². The molecule has 1 aromatic heterocycles. The van der Waals surface area contributed by atoms with Crippen LogP contribution in [0.4, 0.5) is 10.2 Å². The average molecular weight is 269 g/mol. The van der Waals surface area contributed by atoms with E-state index < -0.39 is 0 Å². The van der Waals surface area contributed by atoms with Crippen LogP contribution in [0, 0.1) is 17.1 Å². The molecule has 1 N–H and O–H groups in total. The minimum absolute atomic E-state index is 0.275. The summed E-state index contributed by atoms with van der Waals surface area (Å²) in [6.07, 6.45) is 3.51. The third-order valence-corrected chi connectivity index (χ3v) is 3.75. The van der Waals surface area contributed by atoms with Gasteiger partial charge in [-0.2, -0.15) is 5.26 Å². The van der Waals surface area contributed by atoms with Crippen LogP contribution in [0.1, 0.15) is 24.8 Å². The van der Waals surface area contributed by atoms with E-state index >= 15 is 0 Å². The summed E-state index contributed by atoms with van der Waals surface area (Å²) in [5.41, 5.74) is 1.76. The van der Waals surface area contributed by atoms with Gasteiger partial charge in [0.25, 0.3) is 0 Å². The number of nitrogens with one attached hydrogen (secondary N) is 1. The Morgan fingerprint density at radius 1 is 1.15 bits per heavy atom. The van der Waals surface area contributed by atoms with E-state index in [9.17, 15) is 9.65 Å². The first-order valence-electron chi connectivity index (χ1n) is 6.92. The molecule has 1 aliphatic heterocycles. The summed E-state index contributed by atoms with van der Waals surface area (Å²) in [4.78, 5) is 5.41. The summed E-state index contributed by atoms with van der Waals surface area (Å²) in [7, 11) is 0. The van der Waals surface area contributed by atoms with E-state index in [0.717, 1.165) is 31.7 Å². The molecular formula is C16H16FN3. The van der Waals surface area contributed by atoms with Crippen molar-refractivity contribution in [1.82, 2.24) is 4.98 Å². The first-order chi connectivity index (χ1) is 9.79. The highest BCUT2D eigenvalue weighted by atomic mass is 19.1. The largest absolute Gasteiger partial charge is 0.357 e. The molecule has 0 atom stereocenters. The molecule has 3 nitrogen and oxygen atoms in total. The monoisotopic (exact) mass is 269 g/mol. The van der Waals surface area contributed by atoms with Crippen molar-refractivity contribution in [1.29, 1.82) is 5.26 Å². The fraction of sp³-hybridized carbons (Fsp3) is 0.312. The maximum atomic E-state index is 13.8. The molecule has 1 fully saturated rings. The quantitative estimate of drug-likeness (QED) is 0.903. The number of aromatic amines is 1. The molecule has 1 aromatic carbocycles. The maximum absolute atomic E-state index is 13.8. The number of piperidine rings is 1. The van der Waals surface area contributed by atoms with E-state index in [1.54, 1.807) is 24.3 Å². The van der Waals surface area contributed by atoms with Crippen LogP contribution in [-0.4, -0.2) is 18.1 Å². The molecule has 0 spiro atoms. The SMILES string of the molecule is N#Cc1cc(-c2ccccc2F)[nH]c1N1CCCCC1. The number of benzene rings is 1. The standard InChI is InChI=1S/C16H16FN3/c17-14-7-3-2-6-13(14)15-10-12(11-18)16(19-15)20-8-4-1-5-9-20/h2-3,6-7,10,19H,1,4-5,8-9H2. The van der Waals surface area contributed by atoms with Gasteiger partial charge in [0.1, 0.15) is 17.7 Å². The van der Waals surface area contributed by atoms with Crippen molar-refractivity contribution < 1.29 is 4.39 Å². The number of aromatic nitrogens is 1. The first kappa shape index (κ1) is 12.7. The predicted molar refractivity (Wildman–Crippen MR) is 77.0 cm³/mol. The highest BCUT2D eigenvalue weighted by molar-refractivity contribution is 5.69. The average Bonchev–Trinajstić information content (AvgIpc) is 2.92. The minimum atomic E-state index is -0.275. The second-order valence-corrected chi connectivity index (χ2v) is 5.08. The Kier molecular flexibility index (Phi) is 3.42. The van der Waals surface area contributed by atoms with Crippen LogP contribution in [0.5, 0.6) is 0 Å². The van der Waals surface area contributed by atoms with E-state index in [1.165, 1.54) is 12.5 Å². The van der Waals surface area contributed by atoms with E-state index in [-0.39, 0.29) is 5.82 Å². The lowest BCUT2D eigenvalue weighted by Crippen LogP contribution is -2.30. The van der Waals surface area contributed by atoms with Gasteiger partial charge in [0, 0.05) is 18.7 Å². The van der Waals surface area contributed by atoms with Crippen LogP contribution in [0.25, 0.3) is 11.3 Å². The van der Waals surface area contributed by atoms with E-state index in [1.807, 2.05) is 0 Å². The van der Waals surface area contributed by atoms with Crippen molar-refractivity contribution in [2.75, 3.05) is 18.0 Å². The van der Waals surface area contributed by atoms with Crippen LogP contribution >= 0.6 is 0 Å². The summed E-state index contributed by atoms with van der Waals surface area (Å²) < 4.78 is 13.8. The molecule has 4 heteroatoms. The number of hydrogen-bond acceptors (Lipinski definition) is 2. The zero-order chi connectivity index (χ0) is 13.9. The van der Waals surface area contributed by atoms with Gasteiger partial charge in [0.15, 0.2) is 0 Å². The van der Waals surface area contributed by atoms with Gasteiger partial charge in [-0.1, -0.05) is 12.1 Å². The molecule has 2 aromatic rings. The number of nitriles is 1. The molecule has 1 aliphatic rings. The van der Waals surface area contributed by atoms with Crippen molar-refractivity contribution in [3.63, 3.8) is 0 Å². The van der Waals surface area contributed by atoms with Gasteiger partial charge < -0.3 is 9.88 Å². The molecule has 102 valence electrons. The number of hydrogen-bond donors (Lipinski definition) is 1. The molecule has 0 amide bonds. The zero-order valence-electron chi connectivity index (χ0n) is 11.2. The fourth-order valence-electron chi connectivity index (χ4n) is 2.72. The second-order valence-electron chi connectivity index (χ2n) is 5.08. The van der Waals surface area contributed by atoms with Gasteiger partial charge in [0.2, 0.25) is 0 Å². The molecule has 0 unspecified atom stereocenters. The molecular weight excluding hydrogens is 253 g/mol. The molecule has 0 bridgehead atoms. The smallest absolute Gasteiger partial charge is 0.132 e.